The highest BCUT2D eigenvalue weighted by molar-refractivity contribution is 5.82. The molecule has 0 spiro atoms. The second-order valence-electron chi connectivity index (χ2n) is 6.08. The quantitative estimate of drug-likeness (QED) is 0.827. The molecule has 0 aliphatic carbocycles. The summed E-state index contributed by atoms with van der Waals surface area (Å²) in [5, 5.41) is 6.18. The minimum atomic E-state index is -0.237. The standard InChI is InChI=1S/C17H27N3O2/c1-13(2)20(3)11-15-7-5-4-6-14(15)10-19-17(21)16-12-22-9-8-18-16/h4-7,13,16,18H,8-12H2,1-3H3,(H,19,21). The van der Waals surface area contributed by atoms with Gasteiger partial charge in [0.1, 0.15) is 6.04 Å². The van der Waals surface area contributed by atoms with E-state index in [0.29, 0.717) is 25.8 Å². The van der Waals surface area contributed by atoms with Crippen LogP contribution in [0.2, 0.25) is 0 Å². The number of carbonyl (C=O) groups excluding carboxylic acids is 1. The minimum absolute atomic E-state index is 0.00622. The molecule has 1 aliphatic heterocycles. The van der Waals surface area contributed by atoms with Crippen LogP contribution in [0.4, 0.5) is 0 Å². The molecule has 1 amide bonds. The van der Waals surface area contributed by atoms with Crippen LogP contribution >= 0.6 is 0 Å². The fourth-order valence-electron chi connectivity index (χ4n) is 2.37. The zero-order valence-corrected chi connectivity index (χ0v) is 13.8. The van der Waals surface area contributed by atoms with Gasteiger partial charge in [0.15, 0.2) is 0 Å². The van der Waals surface area contributed by atoms with Crippen molar-refractivity contribution in [1.82, 2.24) is 15.5 Å². The maximum Gasteiger partial charge on any atom is 0.239 e. The lowest BCUT2D eigenvalue weighted by atomic mass is 10.1. The Balaban J connectivity index is 1.93. The van der Waals surface area contributed by atoms with Crippen molar-refractivity contribution in [2.75, 3.05) is 26.8 Å². The monoisotopic (exact) mass is 305 g/mol. The molecule has 2 rings (SSSR count). The van der Waals surface area contributed by atoms with Crippen LogP contribution in [0.5, 0.6) is 0 Å². The summed E-state index contributed by atoms with van der Waals surface area (Å²) in [6.45, 7) is 7.65. The number of ether oxygens (including phenoxy) is 1. The van der Waals surface area contributed by atoms with E-state index in [4.69, 9.17) is 4.74 Å². The van der Waals surface area contributed by atoms with E-state index in [-0.39, 0.29) is 11.9 Å². The van der Waals surface area contributed by atoms with Gasteiger partial charge in [0.05, 0.1) is 13.2 Å². The zero-order chi connectivity index (χ0) is 15.9. The smallest absolute Gasteiger partial charge is 0.239 e. The molecule has 0 aromatic heterocycles. The summed E-state index contributed by atoms with van der Waals surface area (Å²) in [6.07, 6.45) is 0. The third-order valence-corrected chi connectivity index (χ3v) is 4.11. The normalized spacial score (nSPS) is 18.7. The highest BCUT2D eigenvalue weighted by atomic mass is 16.5. The molecule has 1 aromatic carbocycles. The Labute approximate surface area is 133 Å². The van der Waals surface area contributed by atoms with Gasteiger partial charge in [-0.15, -0.1) is 0 Å². The van der Waals surface area contributed by atoms with Gasteiger partial charge >= 0.3 is 0 Å². The predicted molar refractivity (Wildman–Crippen MR) is 87.5 cm³/mol. The molecular weight excluding hydrogens is 278 g/mol. The maximum absolute atomic E-state index is 12.1. The average Bonchev–Trinajstić information content (AvgIpc) is 2.54. The fourth-order valence-corrected chi connectivity index (χ4v) is 2.37. The van der Waals surface area contributed by atoms with Crippen LogP contribution in [0.15, 0.2) is 24.3 Å². The number of amides is 1. The molecular formula is C17H27N3O2. The molecule has 22 heavy (non-hydrogen) atoms. The molecule has 2 N–H and O–H groups in total. The van der Waals surface area contributed by atoms with E-state index in [9.17, 15) is 4.79 Å². The summed E-state index contributed by atoms with van der Waals surface area (Å²) < 4.78 is 5.33. The van der Waals surface area contributed by atoms with Gasteiger partial charge in [-0.25, -0.2) is 0 Å². The number of nitrogens with one attached hydrogen (secondary N) is 2. The maximum atomic E-state index is 12.1. The largest absolute Gasteiger partial charge is 0.378 e. The Kier molecular flexibility index (Phi) is 6.36. The summed E-state index contributed by atoms with van der Waals surface area (Å²) in [7, 11) is 2.11. The van der Waals surface area contributed by atoms with Crippen LogP contribution < -0.4 is 10.6 Å². The Morgan fingerprint density at radius 2 is 2.14 bits per heavy atom. The van der Waals surface area contributed by atoms with E-state index in [1.54, 1.807) is 0 Å². The van der Waals surface area contributed by atoms with Gasteiger partial charge in [0, 0.05) is 25.7 Å². The Hall–Kier alpha value is -1.43. The lowest BCUT2D eigenvalue weighted by Crippen LogP contribution is -2.51. The van der Waals surface area contributed by atoms with Crippen LogP contribution in [0.25, 0.3) is 0 Å². The Morgan fingerprint density at radius 3 is 2.77 bits per heavy atom. The van der Waals surface area contributed by atoms with Gasteiger partial charge in [0.2, 0.25) is 5.91 Å². The molecule has 0 bridgehead atoms. The molecule has 1 saturated heterocycles. The van der Waals surface area contributed by atoms with Crippen LogP contribution in [-0.2, 0) is 22.6 Å². The second kappa shape index (κ2) is 8.27. The van der Waals surface area contributed by atoms with Gasteiger partial charge in [0.25, 0.3) is 0 Å². The van der Waals surface area contributed by atoms with E-state index in [0.717, 1.165) is 13.1 Å². The van der Waals surface area contributed by atoms with Crippen molar-refractivity contribution in [3.05, 3.63) is 35.4 Å². The van der Waals surface area contributed by atoms with Crippen LogP contribution in [0.1, 0.15) is 25.0 Å². The van der Waals surface area contributed by atoms with E-state index in [2.05, 4.69) is 48.6 Å². The van der Waals surface area contributed by atoms with E-state index < -0.39 is 0 Å². The van der Waals surface area contributed by atoms with Gasteiger partial charge in [-0.2, -0.15) is 0 Å². The molecule has 1 unspecified atom stereocenters. The third kappa shape index (κ3) is 4.80. The first-order chi connectivity index (χ1) is 10.6. The van der Waals surface area contributed by atoms with Crippen molar-refractivity contribution in [3.63, 3.8) is 0 Å². The van der Waals surface area contributed by atoms with Crippen molar-refractivity contribution >= 4 is 5.91 Å². The molecule has 1 aliphatic rings. The highest BCUT2D eigenvalue weighted by Crippen LogP contribution is 2.12. The highest BCUT2D eigenvalue weighted by Gasteiger charge is 2.20. The molecule has 1 atom stereocenters. The summed E-state index contributed by atoms with van der Waals surface area (Å²) in [5.41, 5.74) is 2.42. The van der Waals surface area contributed by atoms with Crippen molar-refractivity contribution in [3.8, 4) is 0 Å². The number of benzene rings is 1. The van der Waals surface area contributed by atoms with Crippen molar-refractivity contribution in [1.29, 1.82) is 0 Å². The number of hydrogen-bond donors (Lipinski definition) is 2. The van der Waals surface area contributed by atoms with E-state index >= 15 is 0 Å². The van der Waals surface area contributed by atoms with E-state index in [1.165, 1.54) is 11.1 Å². The van der Waals surface area contributed by atoms with Gasteiger partial charge in [-0.1, -0.05) is 24.3 Å². The lowest BCUT2D eigenvalue weighted by Gasteiger charge is -2.24. The van der Waals surface area contributed by atoms with Gasteiger partial charge in [-0.05, 0) is 32.0 Å². The summed E-state index contributed by atoms with van der Waals surface area (Å²) >= 11 is 0. The second-order valence-corrected chi connectivity index (χ2v) is 6.08. The van der Waals surface area contributed by atoms with Crippen molar-refractivity contribution in [2.24, 2.45) is 0 Å². The summed E-state index contributed by atoms with van der Waals surface area (Å²) in [6, 6.07) is 8.52. The van der Waals surface area contributed by atoms with Gasteiger partial charge in [-0.3, -0.25) is 9.69 Å². The molecule has 5 nitrogen and oxygen atoms in total. The van der Waals surface area contributed by atoms with Gasteiger partial charge < -0.3 is 15.4 Å². The predicted octanol–water partition coefficient (Wildman–Crippen LogP) is 1.13. The topological polar surface area (TPSA) is 53.6 Å². The molecule has 0 radical (unpaired) electrons. The lowest BCUT2D eigenvalue weighted by molar-refractivity contribution is -0.126. The molecule has 5 heteroatoms. The number of morpholine rings is 1. The Bertz CT molecular complexity index is 485. The van der Waals surface area contributed by atoms with E-state index in [1.807, 2.05) is 12.1 Å². The number of carbonyl (C=O) groups is 1. The number of hydrogen-bond acceptors (Lipinski definition) is 4. The fraction of sp³-hybridized carbons (Fsp3) is 0.588. The molecule has 1 heterocycles. The minimum Gasteiger partial charge on any atom is -0.378 e. The average molecular weight is 305 g/mol. The third-order valence-electron chi connectivity index (χ3n) is 4.11. The number of nitrogens with zero attached hydrogens (tertiary/aromatic N) is 1. The first-order valence-corrected chi connectivity index (χ1v) is 7.93. The van der Waals surface area contributed by atoms with Crippen LogP contribution in [0.3, 0.4) is 0 Å². The molecule has 1 fully saturated rings. The van der Waals surface area contributed by atoms with Crippen molar-refractivity contribution in [2.45, 2.75) is 39.0 Å². The Morgan fingerprint density at radius 1 is 1.41 bits per heavy atom. The van der Waals surface area contributed by atoms with Crippen LogP contribution in [-0.4, -0.2) is 49.7 Å². The molecule has 1 aromatic rings. The summed E-state index contributed by atoms with van der Waals surface area (Å²) in [4.78, 5) is 14.4. The zero-order valence-electron chi connectivity index (χ0n) is 13.8. The first-order valence-electron chi connectivity index (χ1n) is 7.93. The molecule has 0 saturated carbocycles. The summed E-state index contributed by atoms with van der Waals surface area (Å²) in [5.74, 6) is 0.00622. The van der Waals surface area contributed by atoms with Crippen LogP contribution in [0, 0.1) is 0 Å². The number of rotatable bonds is 6. The molecule has 122 valence electrons. The SMILES string of the molecule is CC(C)N(C)Cc1ccccc1CNC(=O)C1COCCN1. The van der Waals surface area contributed by atoms with Crippen molar-refractivity contribution < 1.29 is 9.53 Å². The first kappa shape index (κ1) is 16.9.